The van der Waals surface area contributed by atoms with Crippen molar-refractivity contribution in [2.75, 3.05) is 26.7 Å². The molecule has 1 saturated heterocycles. The lowest BCUT2D eigenvalue weighted by atomic mass is 9.61. The highest BCUT2D eigenvalue weighted by Gasteiger charge is 2.51. The van der Waals surface area contributed by atoms with Gasteiger partial charge in [-0.3, -0.25) is 4.79 Å². The molecule has 1 heterocycles. The van der Waals surface area contributed by atoms with E-state index in [4.69, 9.17) is 0 Å². The molecule has 1 atom stereocenters. The minimum atomic E-state index is -0.614. The number of nitrogens with zero attached hydrogens (tertiary/aromatic N) is 1. The molecule has 25 heavy (non-hydrogen) atoms. The first-order valence-corrected chi connectivity index (χ1v) is 9.18. The van der Waals surface area contributed by atoms with E-state index in [2.05, 4.69) is 34.9 Å². The molecule has 1 spiro atoms. The van der Waals surface area contributed by atoms with Gasteiger partial charge in [-0.25, -0.2) is 4.79 Å². The molecule has 0 bridgehead atoms. The van der Waals surface area contributed by atoms with Gasteiger partial charge in [-0.15, -0.1) is 0 Å². The van der Waals surface area contributed by atoms with E-state index in [1.165, 1.54) is 24.8 Å². The number of hydrogen-bond acceptors (Lipinski definition) is 2. The summed E-state index contributed by atoms with van der Waals surface area (Å²) >= 11 is 0. The summed E-state index contributed by atoms with van der Waals surface area (Å²) in [6, 6.07) is 10.5. The fourth-order valence-corrected chi connectivity index (χ4v) is 4.23. The van der Waals surface area contributed by atoms with Crippen LogP contribution in [0.15, 0.2) is 30.3 Å². The number of amides is 3. The summed E-state index contributed by atoms with van der Waals surface area (Å²) in [5.74, 6) is 0.354. The standard InChI is InChI=1S/C20H29N3O2/c1-19(2,17(24)21-3)13-22-18(25)23-12-16(15-8-5-4-6-9-15)20(14-23)10-7-11-20/h4-6,8-9,16H,7,10-14H2,1-3H3,(H,21,24)(H,22,25). The highest BCUT2D eigenvalue weighted by Crippen LogP contribution is 2.55. The normalized spacial score (nSPS) is 21.7. The van der Waals surface area contributed by atoms with Crippen molar-refractivity contribution in [2.24, 2.45) is 10.8 Å². The first-order valence-electron chi connectivity index (χ1n) is 9.18. The molecule has 2 N–H and O–H groups in total. The molecule has 1 aliphatic heterocycles. The number of likely N-dealkylation sites (tertiary alicyclic amines) is 1. The Balaban J connectivity index is 1.66. The molecule has 1 unspecified atom stereocenters. The highest BCUT2D eigenvalue weighted by molar-refractivity contribution is 5.83. The molecule has 2 fully saturated rings. The zero-order valence-electron chi connectivity index (χ0n) is 15.5. The average molecular weight is 343 g/mol. The molecule has 3 amide bonds. The van der Waals surface area contributed by atoms with Crippen LogP contribution in [-0.4, -0.2) is 43.5 Å². The number of rotatable bonds is 4. The lowest BCUT2D eigenvalue weighted by molar-refractivity contribution is -0.128. The van der Waals surface area contributed by atoms with Gasteiger partial charge in [-0.1, -0.05) is 36.8 Å². The Labute approximate surface area is 150 Å². The van der Waals surface area contributed by atoms with Gasteiger partial charge in [0.15, 0.2) is 0 Å². The zero-order valence-corrected chi connectivity index (χ0v) is 15.5. The molecule has 5 nitrogen and oxygen atoms in total. The summed E-state index contributed by atoms with van der Waals surface area (Å²) in [6.45, 7) is 5.60. The molecular formula is C20H29N3O2. The number of nitrogens with one attached hydrogen (secondary N) is 2. The fraction of sp³-hybridized carbons (Fsp3) is 0.600. The van der Waals surface area contributed by atoms with Gasteiger partial charge in [0.1, 0.15) is 0 Å². The van der Waals surface area contributed by atoms with E-state index >= 15 is 0 Å². The Morgan fingerprint density at radius 2 is 1.92 bits per heavy atom. The second-order valence-electron chi connectivity index (χ2n) is 8.18. The second kappa shape index (κ2) is 6.70. The lowest BCUT2D eigenvalue weighted by Gasteiger charge is -2.43. The van der Waals surface area contributed by atoms with Crippen molar-refractivity contribution in [3.05, 3.63) is 35.9 Å². The molecule has 1 saturated carbocycles. The number of benzene rings is 1. The highest BCUT2D eigenvalue weighted by atomic mass is 16.2. The Morgan fingerprint density at radius 1 is 1.24 bits per heavy atom. The summed E-state index contributed by atoms with van der Waals surface area (Å²) < 4.78 is 0. The van der Waals surface area contributed by atoms with Gasteiger partial charge in [0.25, 0.3) is 0 Å². The summed E-state index contributed by atoms with van der Waals surface area (Å²) in [5, 5.41) is 5.62. The van der Waals surface area contributed by atoms with Crippen LogP contribution < -0.4 is 10.6 Å². The first-order chi connectivity index (χ1) is 11.9. The monoisotopic (exact) mass is 343 g/mol. The molecule has 0 aromatic heterocycles. The largest absolute Gasteiger partial charge is 0.359 e. The molecule has 136 valence electrons. The van der Waals surface area contributed by atoms with Gasteiger partial charge in [-0.05, 0) is 37.7 Å². The molecule has 1 aliphatic carbocycles. The van der Waals surface area contributed by atoms with Crippen LogP contribution >= 0.6 is 0 Å². The third kappa shape index (κ3) is 3.37. The van der Waals surface area contributed by atoms with Crippen LogP contribution in [0.1, 0.15) is 44.6 Å². The minimum Gasteiger partial charge on any atom is -0.359 e. The van der Waals surface area contributed by atoms with Gasteiger partial charge in [-0.2, -0.15) is 0 Å². The molecule has 5 heteroatoms. The molecule has 0 radical (unpaired) electrons. The van der Waals surface area contributed by atoms with Crippen LogP contribution in [0.2, 0.25) is 0 Å². The van der Waals surface area contributed by atoms with E-state index in [-0.39, 0.29) is 17.4 Å². The van der Waals surface area contributed by atoms with Crippen molar-refractivity contribution in [1.82, 2.24) is 15.5 Å². The van der Waals surface area contributed by atoms with E-state index in [1.54, 1.807) is 7.05 Å². The van der Waals surface area contributed by atoms with Crippen molar-refractivity contribution in [3.63, 3.8) is 0 Å². The zero-order chi connectivity index (χ0) is 18.1. The summed E-state index contributed by atoms with van der Waals surface area (Å²) in [5.41, 5.74) is 0.967. The van der Waals surface area contributed by atoms with Crippen LogP contribution in [-0.2, 0) is 4.79 Å². The van der Waals surface area contributed by atoms with Gasteiger partial charge in [0.05, 0.1) is 5.41 Å². The summed E-state index contributed by atoms with van der Waals surface area (Å²) in [4.78, 5) is 26.5. The topological polar surface area (TPSA) is 61.4 Å². The Kier molecular flexibility index (Phi) is 4.76. The van der Waals surface area contributed by atoms with E-state index in [1.807, 2.05) is 24.8 Å². The Morgan fingerprint density at radius 3 is 2.48 bits per heavy atom. The van der Waals surface area contributed by atoms with E-state index in [0.717, 1.165) is 13.1 Å². The molecule has 2 aliphatic rings. The first kappa shape index (κ1) is 17.8. The molecular weight excluding hydrogens is 314 g/mol. The van der Waals surface area contributed by atoms with Crippen molar-refractivity contribution >= 4 is 11.9 Å². The van der Waals surface area contributed by atoms with Crippen molar-refractivity contribution in [1.29, 1.82) is 0 Å². The van der Waals surface area contributed by atoms with E-state index in [0.29, 0.717) is 12.5 Å². The van der Waals surface area contributed by atoms with Crippen molar-refractivity contribution in [2.45, 2.75) is 39.0 Å². The molecule has 1 aromatic rings. The quantitative estimate of drug-likeness (QED) is 0.883. The predicted octanol–water partition coefficient (Wildman–Crippen LogP) is 2.74. The number of urea groups is 1. The predicted molar refractivity (Wildman–Crippen MR) is 98.3 cm³/mol. The third-order valence-electron chi connectivity index (χ3n) is 6.01. The SMILES string of the molecule is CNC(=O)C(C)(C)CNC(=O)N1CC(c2ccccc2)C2(CCC2)C1. The molecule has 3 rings (SSSR count). The number of hydrogen-bond donors (Lipinski definition) is 2. The maximum atomic E-state index is 12.7. The van der Waals surface area contributed by atoms with Crippen molar-refractivity contribution in [3.8, 4) is 0 Å². The average Bonchev–Trinajstić information content (AvgIpc) is 3.01. The fourth-order valence-electron chi connectivity index (χ4n) is 4.23. The number of carbonyl (C=O) groups is 2. The lowest BCUT2D eigenvalue weighted by Crippen LogP contribution is -2.48. The van der Waals surface area contributed by atoms with Gasteiger partial charge in [0.2, 0.25) is 5.91 Å². The van der Waals surface area contributed by atoms with Crippen LogP contribution in [0.25, 0.3) is 0 Å². The van der Waals surface area contributed by atoms with Crippen LogP contribution in [0.3, 0.4) is 0 Å². The third-order valence-corrected chi connectivity index (χ3v) is 6.01. The second-order valence-corrected chi connectivity index (χ2v) is 8.18. The summed E-state index contributed by atoms with van der Waals surface area (Å²) in [7, 11) is 1.62. The van der Waals surface area contributed by atoms with Gasteiger partial charge in [0, 0.05) is 32.6 Å². The van der Waals surface area contributed by atoms with E-state index < -0.39 is 5.41 Å². The van der Waals surface area contributed by atoms with Gasteiger partial charge >= 0.3 is 6.03 Å². The maximum Gasteiger partial charge on any atom is 0.317 e. The van der Waals surface area contributed by atoms with Crippen LogP contribution in [0, 0.1) is 10.8 Å². The number of carbonyl (C=O) groups excluding carboxylic acids is 2. The van der Waals surface area contributed by atoms with E-state index in [9.17, 15) is 9.59 Å². The summed E-state index contributed by atoms with van der Waals surface area (Å²) in [6.07, 6.45) is 3.64. The van der Waals surface area contributed by atoms with Crippen LogP contribution in [0.4, 0.5) is 4.79 Å². The Bertz CT molecular complexity index is 638. The maximum absolute atomic E-state index is 12.7. The smallest absolute Gasteiger partial charge is 0.317 e. The van der Waals surface area contributed by atoms with Gasteiger partial charge < -0.3 is 15.5 Å². The van der Waals surface area contributed by atoms with Crippen molar-refractivity contribution < 1.29 is 9.59 Å². The van der Waals surface area contributed by atoms with Crippen LogP contribution in [0.5, 0.6) is 0 Å². The minimum absolute atomic E-state index is 0.0540. The Hall–Kier alpha value is -2.04. The molecule has 1 aromatic carbocycles.